The van der Waals surface area contributed by atoms with Gasteiger partial charge in [-0.15, -0.1) is 0 Å². The molecule has 4 nitrogen and oxygen atoms in total. The lowest BCUT2D eigenvalue weighted by Gasteiger charge is -2.30. The van der Waals surface area contributed by atoms with Crippen molar-refractivity contribution in [2.45, 2.75) is 40.0 Å². The van der Waals surface area contributed by atoms with Crippen molar-refractivity contribution in [2.75, 3.05) is 0 Å². The monoisotopic (exact) mass is 254 g/mol. The Balaban J connectivity index is 2.87. The van der Waals surface area contributed by atoms with Crippen LogP contribution < -0.4 is 0 Å². The van der Waals surface area contributed by atoms with Gasteiger partial charge in [0, 0.05) is 0 Å². The zero-order chi connectivity index (χ0) is 13.9. The van der Waals surface area contributed by atoms with Gasteiger partial charge in [0.05, 0.1) is 11.8 Å². The molecular formula is C14H22O4. The van der Waals surface area contributed by atoms with Gasteiger partial charge in [-0.05, 0) is 24.7 Å². The van der Waals surface area contributed by atoms with E-state index < -0.39 is 23.8 Å². The molecule has 4 atom stereocenters. The van der Waals surface area contributed by atoms with Crippen molar-refractivity contribution < 1.29 is 19.8 Å². The van der Waals surface area contributed by atoms with E-state index in [-0.39, 0.29) is 0 Å². The predicted octanol–water partition coefficient (Wildman–Crippen LogP) is 2.79. The van der Waals surface area contributed by atoms with Crippen LogP contribution in [-0.2, 0) is 9.59 Å². The second kappa shape index (κ2) is 6.03. The number of carboxylic acid groups (broad SMARTS) is 2. The van der Waals surface area contributed by atoms with E-state index in [2.05, 4.69) is 20.8 Å². The number of carbonyl (C=O) groups is 2. The predicted molar refractivity (Wildman–Crippen MR) is 68.2 cm³/mol. The van der Waals surface area contributed by atoms with Crippen LogP contribution in [0.4, 0.5) is 0 Å². The summed E-state index contributed by atoms with van der Waals surface area (Å²) in [5.41, 5.74) is 1.11. The molecule has 0 aromatic carbocycles. The van der Waals surface area contributed by atoms with E-state index >= 15 is 0 Å². The second-order valence-electron chi connectivity index (χ2n) is 5.28. The van der Waals surface area contributed by atoms with Crippen molar-refractivity contribution in [3.05, 3.63) is 11.6 Å². The molecule has 0 aromatic rings. The molecule has 0 fully saturated rings. The van der Waals surface area contributed by atoms with Crippen LogP contribution in [0.25, 0.3) is 0 Å². The third-order valence-corrected chi connectivity index (χ3v) is 4.29. The molecule has 18 heavy (non-hydrogen) atoms. The fourth-order valence-corrected chi connectivity index (χ4v) is 2.55. The van der Waals surface area contributed by atoms with Gasteiger partial charge in [-0.25, -0.2) is 0 Å². The Kier molecular flexibility index (Phi) is 4.93. The highest BCUT2D eigenvalue weighted by molar-refractivity contribution is 5.80. The van der Waals surface area contributed by atoms with Gasteiger partial charge in [-0.3, -0.25) is 9.59 Å². The molecule has 0 radical (unpaired) electrons. The first-order valence-corrected chi connectivity index (χ1v) is 6.53. The molecule has 0 saturated heterocycles. The normalized spacial score (nSPS) is 27.2. The topological polar surface area (TPSA) is 74.6 Å². The summed E-state index contributed by atoms with van der Waals surface area (Å²) < 4.78 is 0. The van der Waals surface area contributed by atoms with Gasteiger partial charge in [0.2, 0.25) is 0 Å². The highest BCUT2D eigenvalue weighted by Gasteiger charge is 2.37. The van der Waals surface area contributed by atoms with Crippen LogP contribution in [-0.4, -0.2) is 22.2 Å². The molecular weight excluding hydrogens is 232 g/mol. The highest BCUT2D eigenvalue weighted by atomic mass is 16.4. The molecule has 0 bridgehead atoms. The van der Waals surface area contributed by atoms with E-state index in [4.69, 9.17) is 10.2 Å². The maximum absolute atomic E-state index is 11.2. The van der Waals surface area contributed by atoms with Crippen LogP contribution in [0.15, 0.2) is 11.6 Å². The van der Waals surface area contributed by atoms with Crippen molar-refractivity contribution in [3.63, 3.8) is 0 Å². The van der Waals surface area contributed by atoms with Gasteiger partial charge >= 0.3 is 11.9 Å². The molecule has 0 heterocycles. The van der Waals surface area contributed by atoms with Gasteiger partial charge in [0.25, 0.3) is 0 Å². The first kappa shape index (κ1) is 14.7. The standard InChI is InChI=1S/C14H22O4/c1-4-8(2)9(3)10-5-6-11(13(15)16)12(7-10)14(17)18/h5,8-9,11-12H,4,6-7H2,1-3H3,(H,15,16)(H,17,18). The minimum absolute atomic E-state index is 0.326. The molecule has 2 N–H and O–H groups in total. The summed E-state index contributed by atoms with van der Waals surface area (Å²) in [7, 11) is 0. The lowest BCUT2D eigenvalue weighted by atomic mass is 9.73. The van der Waals surface area contributed by atoms with Gasteiger partial charge in [0.15, 0.2) is 0 Å². The molecule has 1 aliphatic carbocycles. The molecule has 4 heteroatoms. The van der Waals surface area contributed by atoms with Crippen molar-refractivity contribution >= 4 is 11.9 Å². The quantitative estimate of drug-likeness (QED) is 0.740. The summed E-state index contributed by atoms with van der Waals surface area (Å²) in [5, 5.41) is 18.2. The number of carboxylic acids is 2. The van der Waals surface area contributed by atoms with Crippen molar-refractivity contribution in [2.24, 2.45) is 23.7 Å². The molecule has 0 amide bonds. The average molecular weight is 254 g/mol. The first-order chi connectivity index (χ1) is 8.38. The van der Waals surface area contributed by atoms with E-state index in [0.29, 0.717) is 24.7 Å². The molecule has 0 aliphatic heterocycles. The molecule has 0 aromatic heterocycles. The number of rotatable bonds is 5. The zero-order valence-corrected chi connectivity index (χ0v) is 11.2. The third kappa shape index (κ3) is 3.12. The summed E-state index contributed by atoms with van der Waals surface area (Å²) in [6.07, 6.45) is 3.69. The minimum Gasteiger partial charge on any atom is -0.481 e. The Morgan fingerprint density at radius 2 is 1.83 bits per heavy atom. The van der Waals surface area contributed by atoms with E-state index in [0.717, 1.165) is 12.0 Å². The van der Waals surface area contributed by atoms with Gasteiger partial charge in [0.1, 0.15) is 0 Å². The SMILES string of the molecule is CCC(C)C(C)C1=CCC(C(=O)O)C(C(=O)O)C1. The smallest absolute Gasteiger partial charge is 0.307 e. The summed E-state index contributed by atoms with van der Waals surface area (Å²) >= 11 is 0. The molecule has 0 spiro atoms. The van der Waals surface area contributed by atoms with E-state index in [9.17, 15) is 9.59 Å². The average Bonchev–Trinajstić information content (AvgIpc) is 2.35. The lowest BCUT2D eigenvalue weighted by Crippen LogP contribution is -2.33. The second-order valence-corrected chi connectivity index (χ2v) is 5.28. The first-order valence-electron chi connectivity index (χ1n) is 6.53. The van der Waals surface area contributed by atoms with Crippen molar-refractivity contribution in [1.82, 2.24) is 0 Å². The van der Waals surface area contributed by atoms with Crippen LogP contribution in [0, 0.1) is 23.7 Å². The van der Waals surface area contributed by atoms with Crippen LogP contribution in [0.1, 0.15) is 40.0 Å². The molecule has 0 saturated carbocycles. The Hall–Kier alpha value is -1.32. The van der Waals surface area contributed by atoms with Crippen LogP contribution in [0.5, 0.6) is 0 Å². The van der Waals surface area contributed by atoms with Crippen LogP contribution >= 0.6 is 0 Å². The Bertz CT molecular complexity index is 359. The maximum atomic E-state index is 11.2. The van der Waals surface area contributed by atoms with Gasteiger partial charge in [-0.1, -0.05) is 38.8 Å². The van der Waals surface area contributed by atoms with Crippen LogP contribution in [0.2, 0.25) is 0 Å². The number of aliphatic carboxylic acids is 2. The Morgan fingerprint density at radius 1 is 1.28 bits per heavy atom. The largest absolute Gasteiger partial charge is 0.481 e. The summed E-state index contributed by atoms with van der Waals surface area (Å²) in [6, 6.07) is 0. The molecule has 4 unspecified atom stereocenters. The minimum atomic E-state index is -1.01. The summed E-state index contributed by atoms with van der Waals surface area (Å²) in [6.45, 7) is 6.35. The fraction of sp³-hybridized carbons (Fsp3) is 0.714. The summed E-state index contributed by atoms with van der Waals surface area (Å²) in [4.78, 5) is 22.2. The van der Waals surface area contributed by atoms with Crippen molar-refractivity contribution in [3.8, 4) is 0 Å². The lowest BCUT2D eigenvalue weighted by molar-refractivity contribution is -0.154. The van der Waals surface area contributed by atoms with E-state index in [1.54, 1.807) is 0 Å². The third-order valence-electron chi connectivity index (χ3n) is 4.29. The van der Waals surface area contributed by atoms with Crippen molar-refractivity contribution in [1.29, 1.82) is 0 Å². The number of allylic oxidation sites excluding steroid dienone is 2. The van der Waals surface area contributed by atoms with E-state index in [1.807, 2.05) is 6.08 Å². The number of hydrogen-bond acceptors (Lipinski definition) is 2. The molecule has 1 rings (SSSR count). The highest BCUT2D eigenvalue weighted by Crippen LogP contribution is 2.36. The molecule has 102 valence electrons. The number of hydrogen-bond donors (Lipinski definition) is 2. The fourth-order valence-electron chi connectivity index (χ4n) is 2.55. The van der Waals surface area contributed by atoms with E-state index in [1.165, 1.54) is 0 Å². The molecule has 1 aliphatic rings. The summed E-state index contributed by atoms with van der Waals surface area (Å²) in [5.74, 6) is -2.75. The maximum Gasteiger partial charge on any atom is 0.307 e. The Morgan fingerprint density at radius 3 is 2.28 bits per heavy atom. The zero-order valence-electron chi connectivity index (χ0n) is 11.2. The van der Waals surface area contributed by atoms with Gasteiger partial charge < -0.3 is 10.2 Å². The Labute approximate surface area is 108 Å². The van der Waals surface area contributed by atoms with Gasteiger partial charge in [-0.2, -0.15) is 0 Å². The van der Waals surface area contributed by atoms with Crippen LogP contribution in [0.3, 0.4) is 0 Å².